The van der Waals surface area contributed by atoms with Gasteiger partial charge in [0.2, 0.25) is 0 Å². The van der Waals surface area contributed by atoms with Crippen LogP contribution in [0.4, 0.5) is 0 Å². The number of fused-ring (bicyclic) bond motifs is 1. The van der Waals surface area contributed by atoms with Gasteiger partial charge >= 0.3 is 0 Å². The van der Waals surface area contributed by atoms with Crippen molar-refractivity contribution in [1.29, 1.82) is 0 Å². The maximum absolute atomic E-state index is 5.79. The van der Waals surface area contributed by atoms with E-state index in [1.807, 2.05) is 0 Å². The average Bonchev–Trinajstić information content (AvgIpc) is 2.45. The van der Waals surface area contributed by atoms with Crippen molar-refractivity contribution in [1.82, 2.24) is 15.0 Å². The first-order chi connectivity index (χ1) is 5.29. The Hall–Kier alpha value is -0.610. The van der Waals surface area contributed by atoms with Crippen molar-refractivity contribution < 1.29 is 0 Å². The highest BCUT2D eigenvalue weighted by atomic mass is 79.9. The number of nitrogens with one attached hydrogen (secondary N) is 1. The fourth-order valence-electron chi connectivity index (χ4n) is 0.840. The predicted octanol–water partition coefficient (Wildman–Crippen LogP) is 2.37. The van der Waals surface area contributed by atoms with Crippen LogP contribution in [0.5, 0.6) is 0 Å². The number of nitrogens with zero attached hydrogens (tertiary/aromatic N) is 2. The van der Waals surface area contributed by atoms with Gasteiger partial charge in [0.15, 0.2) is 5.65 Å². The first-order valence-corrected chi connectivity index (χ1v) is 4.09. The highest BCUT2D eigenvalue weighted by molar-refractivity contribution is 9.10. The number of hydrogen-bond donors (Lipinski definition) is 1. The maximum atomic E-state index is 5.79. The van der Waals surface area contributed by atoms with E-state index >= 15 is 0 Å². The molecule has 0 aliphatic heterocycles. The molecule has 2 aromatic rings. The minimum Gasteiger partial charge on any atom is -0.342 e. The standard InChI is InChI=1S/C6H3BrClN3/c7-4-3(8)1-9-6-5(4)10-2-11-6/h1-2H,(H,9,10,11). The van der Waals surface area contributed by atoms with Crippen molar-refractivity contribution in [2.24, 2.45) is 0 Å². The van der Waals surface area contributed by atoms with Gasteiger partial charge in [-0.2, -0.15) is 0 Å². The maximum Gasteiger partial charge on any atom is 0.178 e. The summed E-state index contributed by atoms with van der Waals surface area (Å²) in [6.45, 7) is 0. The van der Waals surface area contributed by atoms with E-state index in [4.69, 9.17) is 11.6 Å². The smallest absolute Gasteiger partial charge is 0.178 e. The molecule has 5 heteroatoms. The largest absolute Gasteiger partial charge is 0.342 e. The van der Waals surface area contributed by atoms with E-state index in [9.17, 15) is 0 Å². The number of aromatic nitrogens is 3. The Labute approximate surface area is 75.9 Å². The van der Waals surface area contributed by atoms with Crippen LogP contribution in [0.15, 0.2) is 17.0 Å². The molecule has 0 unspecified atom stereocenters. The molecule has 0 spiro atoms. The summed E-state index contributed by atoms with van der Waals surface area (Å²) in [5.74, 6) is 0. The van der Waals surface area contributed by atoms with E-state index in [-0.39, 0.29) is 0 Å². The molecular weight excluding hydrogens is 229 g/mol. The van der Waals surface area contributed by atoms with Gasteiger partial charge in [-0.15, -0.1) is 0 Å². The van der Waals surface area contributed by atoms with Crippen LogP contribution in [0.2, 0.25) is 5.02 Å². The molecule has 0 atom stereocenters. The lowest BCUT2D eigenvalue weighted by Crippen LogP contribution is -1.78. The Morgan fingerprint density at radius 2 is 2.27 bits per heavy atom. The SMILES string of the molecule is Clc1cnc2nc[nH]c2c1Br. The van der Waals surface area contributed by atoms with Crippen molar-refractivity contribution in [2.75, 3.05) is 0 Å². The topological polar surface area (TPSA) is 41.6 Å². The Balaban J connectivity index is 2.93. The third kappa shape index (κ3) is 1.02. The lowest BCUT2D eigenvalue weighted by molar-refractivity contribution is 1.30. The van der Waals surface area contributed by atoms with Gasteiger partial charge in [-0.1, -0.05) is 11.6 Å². The van der Waals surface area contributed by atoms with E-state index in [0.29, 0.717) is 10.7 Å². The van der Waals surface area contributed by atoms with Crippen molar-refractivity contribution in [3.05, 3.63) is 22.0 Å². The van der Waals surface area contributed by atoms with Gasteiger partial charge in [0, 0.05) is 6.20 Å². The number of rotatable bonds is 0. The highest BCUT2D eigenvalue weighted by Crippen LogP contribution is 2.26. The van der Waals surface area contributed by atoms with Gasteiger partial charge in [0.05, 0.1) is 15.8 Å². The zero-order valence-corrected chi connectivity index (χ0v) is 7.65. The number of halogens is 2. The summed E-state index contributed by atoms with van der Waals surface area (Å²) in [4.78, 5) is 10.9. The third-order valence-corrected chi connectivity index (χ3v) is 2.69. The van der Waals surface area contributed by atoms with E-state index in [1.54, 1.807) is 12.5 Å². The van der Waals surface area contributed by atoms with Crippen LogP contribution < -0.4 is 0 Å². The molecule has 0 aromatic carbocycles. The van der Waals surface area contributed by atoms with E-state index in [1.165, 1.54) is 0 Å². The average molecular weight is 232 g/mol. The number of H-pyrrole nitrogens is 1. The monoisotopic (exact) mass is 231 g/mol. The number of hydrogen-bond acceptors (Lipinski definition) is 2. The molecule has 56 valence electrons. The number of pyridine rings is 1. The van der Waals surface area contributed by atoms with Gasteiger partial charge in [0.1, 0.15) is 5.52 Å². The lowest BCUT2D eigenvalue weighted by Gasteiger charge is -1.93. The molecule has 0 radical (unpaired) electrons. The summed E-state index contributed by atoms with van der Waals surface area (Å²) in [5, 5.41) is 0.585. The molecule has 2 heterocycles. The normalized spacial score (nSPS) is 10.7. The third-order valence-electron chi connectivity index (χ3n) is 1.35. The Kier molecular flexibility index (Phi) is 1.58. The summed E-state index contributed by atoms with van der Waals surface area (Å²) in [7, 11) is 0. The summed E-state index contributed by atoms with van der Waals surface area (Å²) < 4.78 is 0.807. The highest BCUT2D eigenvalue weighted by Gasteiger charge is 2.04. The minimum atomic E-state index is 0.585. The zero-order valence-electron chi connectivity index (χ0n) is 5.31. The first kappa shape index (κ1) is 7.06. The Bertz CT molecular complexity index is 398. The summed E-state index contributed by atoms with van der Waals surface area (Å²) in [6.07, 6.45) is 3.15. The van der Waals surface area contributed by atoms with E-state index in [0.717, 1.165) is 9.99 Å². The van der Waals surface area contributed by atoms with Gasteiger partial charge < -0.3 is 4.98 Å². The molecule has 0 aliphatic carbocycles. The predicted molar refractivity (Wildman–Crippen MR) is 46.6 cm³/mol. The zero-order chi connectivity index (χ0) is 7.84. The van der Waals surface area contributed by atoms with Gasteiger partial charge in [-0.25, -0.2) is 9.97 Å². The van der Waals surface area contributed by atoms with Crippen LogP contribution in [0.3, 0.4) is 0 Å². The van der Waals surface area contributed by atoms with E-state index < -0.39 is 0 Å². The van der Waals surface area contributed by atoms with Crippen LogP contribution in [-0.2, 0) is 0 Å². The molecule has 0 amide bonds. The molecule has 0 saturated carbocycles. The molecule has 0 saturated heterocycles. The first-order valence-electron chi connectivity index (χ1n) is 2.92. The van der Waals surface area contributed by atoms with Crippen LogP contribution in [0.25, 0.3) is 11.2 Å². The molecule has 1 N–H and O–H groups in total. The number of imidazole rings is 1. The van der Waals surface area contributed by atoms with Gasteiger partial charge in [-0.3, -0.25) is 0 Å². The summed E-state index contributed by atoms with van der Waals surface area (Å²) >= 11 is 9.10. The summed E-state index contributed by atoms with van der Waals surface area (Å²) in [6, 6.07) is 0. The minimum absolute atomic E-state index is 0.585. The molecule has 0 aliphatic rings. The molecule has 2 aromatic heterocycles. The van der Waals surface area contributed by atoms with Crippen molar-refractivity contribution in [3.63, 3.8) is 0 Å². The molecule has 3 nitrogen and oxygen atoms in total. The van der Waals surface area contributed by atoms with Crippen LogP contribution in [0.1, 0.15) is 0 Å². The fraction of sp³-hybridized carbons (Fsp3) is 0. The Morgan fingerprint density at radius 3 is 3.09 bits per heavy atom. The fourth-order valence-corrected chi connectivity index (χ4v) is 1.38. The van der Waals surface area contributed by atoms with Gasteiger partial charge in [-0.05, 0) is 15.9 Å². The van der Waals surface area contributed by atoms with Crippen LogP contribution in [0, 0.1) is 0 Å². The molecule has 2 rings (SSSR count). The van der Waals surface area contributed by atoms with Gasteiger partial charge in [0.25, 0.3) is 0 Å². The van der Waals surface area contributed by atoms with Crippen LogP contribution >= 0.6 is 27.5 Å². The van der Waals surface area contributed by atoms with Crippen molar-refractivity contribution in [2.45, 2.75) is 0 Å². The van der Waals surface area contributed by atoms with Crippen molar-refractivity contribution >= 4 is 38.7 Å². The van der Waals surface area contributed by atoms with Crippen LogP contribution in [-0.4, -0.2) is 15.0 Å². The molecule has 11 heavy (non-hydrogen) atoms. The second-order valence-electron chi connectivity index (χ2n) is 2.02. The lowest BCUT2D eigenvalue weighted by atomic mass is 10.4. The van der Waals surface area contributed by atoms with Crippen molar-refractivity contribution in [3.8, 4) is 0 Å². The molecule has 0 bridgehead atoms. The molecular formula is C6H3BrClN3. The number of aromatic amines is 1. The molecule has 0 fully saturated rings. The second-order valence-corrected chi connectivity index (χ2v) is 3.22. The summed E-state index contributed by atoms with van der Waals surface area (Å²) in [5.41, 5.74) is 1.50. The van der Waals surface area contributed by atoms with E-state index in [2.05, 4.69) is 30.9 Å². The second kappa shape index (κ2) is 2.46. The Morgan fingerprint density at radius 1 is 1.45 bits per heavy atom. The quantitative estimate of drug-likeness (QED) is 0.758.